The summed E-state index contributed by atoms with van der Waals surface area (Å²) in [5.41, 5.74) is 5.11. The average molecular weight is 490 g/mol. The molecule has 2 amide bonds. The monoisotopic (exact) mass is 489 g/mol. The van der Waals surface area contributed by atoms with Gasteiger partial charge in [0.1, 0.15) is 11.5 Å². The summed E-state index contributed by atoms with van der Waals surface area (Å²) in [7, 11) is 0. The summed E-state index contributed by atoms with van der Waals surface area (Å²) in [4.78, 5) is 43.2. The van der Waals surface area contributed by atoms with E-state index in [1.807, 2.05) is 24.3 Å². The summed E-state index contributed by atoms with van der Waals surface area (Å²) >= 11 is 1.11. The van der Waals surface area contributed by atoms with Gasteiger partial charge in [0, 0.05) is 19.0 Å². The molecule has 1 saturated heterocycles. The summed E-state index contributed by atoms with van der Waals surface area (Å²) < 4.78 is 5.57. The Morgan fingerprint density at radius 1 is 1.06 bits per heavy atom. The van der Waals surface area contributed by atoms with E-state index in [1.165, 1.54) is 0 Å². The largest absolute Gasteiger partial charge is 0.481 e. The Labute approximate surface area is 205 Å². The first-order valence-corrected chi connectivity index (χ1v) is 12.4. The number of hydrogen-bond donors (Lipinski definition) is 2. The van der Waals surface area contributed by atoms with Gasteiger partial charge >= 0.3 is 12.1 Å². The minimum atomic E-state index is -0.782. The summed E-state index contributed by atoms with van der Waals surface area (Å²) in [5.74, 6) is -1.23. The third-order valence-electron chi connectivity index (χ3n) is 7.31. The number of hydrogen-bond acceptors (Lipinski definition) is 6. The molecule has 8 nitrogen and oxygen atoms in total. The van der Waals surface area contributed by atoms with E-state index in [2.05, 4.69) is 34.6 Å². The van der Waals surface area contributed by atoms with E-state index in [-0.39, 0.29) is 36.2 Å². The molecule has 9 heteroatoms. The number of carbonyl (C=O) groups is 3. The first-order chi connectivity index (χ1) is 16.9. The van der Waals surface area contributed by atoms with Gasteiger partial charge < -0.3 is 14.7 Å². The maximum Gasteiger partial charge on any atom is 0.413 e. The van der Waals surface area contributed by atoms with Crippen molar-refractivity contribution in [1.82, 2.24) is 9.88 Å². The summed E-state index contributed by atoms with van der Waals surface area (Å²) in [5, 5.41) is 12.1. The van der Waals surface area contributed by atoms with Crippen LogP contribution in [0.25, 0.3) is 11.1 Å². The Kier molecular flexibility index (Phi) is 5.10. The number of nitrogens with zero attached hydrogens (tertiary/aromatic N) is 2. The Bertz CT molecular complexity index is 1310. The van der Waals surface area contributed by atoms with E-state index >= 15 is 0 Å². The number of anilines is 1. The number of carbonyl (C=O) groups excluding carboxylic acids is 2. The molecular formula is C26H23N3O5S. The summed E-state index contributed by atoms with van der Waals surface area (Å²) in [6, 6.07) is 16.3. The maximum absolute atomic E-state index is 12.9. The van der Waals surface area contributed by atoms with Crippen LogP contribution in [0.15, 0.2) is 48.5 Å². The maximum atomic E-state index is 12.9. The van der Waals surface area contributed by atoms with Crippen LogP contribution < -0.4 is 5.32 Å². The van der Waals surface area contributed by atoms with Gasteiger partial charge in [-0.25, -0.2) is 9.78 Å². The summed E-state index contributed by atoms with van der Waals surface area (Å²) in [6.07, 6.45) is -0.619. The number of likely N-dealkylation sites (tertiary alicyclic amines) is 1. The lowest BCUT2D eigenvalue weighted by atomic mass is 9.98. The number of aliphatic carboxylic acids is 1. The minimum Gasteiger partial charge on any atom is -0.481 e. The predicted octanol–water partition coefficient (Wildman–Crippen LogP) is 4.22. The first-order valence-electron chi connectivity index (χ1n) is 11.5. The molecule has 1 saturated carbocycles. The fourth-order valence-electron chi connectivity index (χ4n) is 5.57. The molecule has 2 atom stereocenters. The number of carboxylic acids is 1. The second-order valence-electron chi connectivity index (χ2n) is 9.29. The molecule has 2 aromatic carbocycles. The topological polar surface area (TPSA) is 109 Å². The number of benzene rings is 2. The van der Waals surface area contributed by atoms with Gasteiger partial charge in [-0.15, -0.1) is 0 Å². The molecule has 1 aliphatic heterocycles. The molecule has 1 aromatic heterocycles. The van der Waals surface area contributed by atoms with Crippen molar-refractivity contribution in [1.29, 1.82) is 0 Å². The highest BCUT2D eigenvalue weighted by Crippen LogP contribution is 2.52. The average Bonchev–Trinajstić information content (AvgIpc) is 3.14. The molecule has 3 aromatic rings. The molecule has 2 aliphatic carbocycles. The van der Waals surface area contributed by atoms with Crippen LogP contribution in [0.1, 0.15) is 32.4 Å². The number of amides is 2. The van der Waals surface area contributed by atoms with Crippen molar-refractivity contribution >= 4 is 34.4 Å². The molecule has 3 aliphatic rings. The van der Waals surface area contributed by atoms with Crippen molar-refractivity contribution in [2.24, 2.45) is 17.8 Å². The van der Waals surface area contributed by atoms with Gasteiger partial charge in [0.05, 0.1) is 11.6 Å². The van der Waals surface area contributed by atoms with Crippen molar-refractivity contribution in [2.45, 2.75) is 12.8 Å². The Hall–Kier alpha value is -3.72. The van der Waals surface area contributed by atoms with Crippen LogP contribution in [0.4, 0.5) is 9.93 Å². The second-order valence-corrected chi connectivity index (χ2v) is 10.3. The molecule has 178 valence electrons. The molecular weight excluding hydrogens is 466 g/mol. The van der Waals surface area contributed by atoms with Crippen LogP contribution in [0.3, 0.4) is 0 Å². The van der Waals surface area contributed by atoms with Crippen molar-refractivity contribution in [3.63, 3.8) is 0 Å². The zero-order chi connectivity index (χ0) is 24.3. The van der Waals surface area contributed by atoms with E-state index in [4.69, 9.17) is 4.74 Å². The van der Waals surface area contributed by atoms with Gasteiger partial charge in [0.25, 0.3) is 5.91 Å². The van der Waals surface area contributed by atoms with Crippen LogP contribution in [0.2, 0.25) is 0 Å². The molecule has 35 heavy (non-hydrogen) atoms. The Balaban J connectivity index is 1.09. The van der Waals surface area contributed by atoms with Gasteiger partial charge in [-0.1, -0.05) is 59.9 Å². The number of thiazole rings is 1. The third-order valence-corrected chi connectivity index (χ3v) is 8.37. The molecule has 2 fully saturated rings. The lowest BCUT2D eigenvalue weighted by Gasteiger charge is -2.18. The van der Waals surface area contributed by atoms with Crippen LogP contribution in [-0.2, 0) is 9.53 Å². The van der Waals surface area contributed by atoms with Crippen molar-refractivity contribution < 1.29 is 24.2 Å². The molecule has 6 rings (SSSR count). The van der Waals surface area contributed by atoms with Gasteiger partial charge in [-0.3, -0.25) is 14.9 Å². The second kappa shape index (κ2) is 8.20. The zero-order valence-corrected chi connectivity index (χ0v) is 19.7. The van der Waals surface area contributed by atoms with E-state index < -0.39 is 12.1 Å². The van der Waals surface area contributed by atoms with E-state index in [1.54, 1.807) is 11.8 Å². The number of piperidine rings is 1. The number of fused-ring (bicyclic) bond motifs is 4. The van der Waals surface area contributed by atoms with Crippen molar-refractivity contribution in [3.8, 4) is 11.1 Å². The highest BCUT2D eigenvalue weighted by Gasteiger charge is 2.60. The molecule has 2 heterocycles. The molecule has 2 unspecified atom stereocenters. The third kappa shape index (κ3) is 3.67. The Morgan fingerprint density at radius 2 is 1.66 bits per heavy atom. The van der Waals surface area contributed by atoms with E-state index in [0.717, 1.165) is 33.6 Å². The fraction of sp³-hybridized carbons (Fsp3) is 0.308. The minimum absolute atomic E-state index is 0.0421. The van der Waals surface area contributed by atoms with Gasteiger partial charge in [0.15, 0.2) is 5.13 Å². The molecule has 2 N–H and O–H groups in total. The zero-order valence-electron chi connectivity index (χ0n) is 18.9. The summed E-state index contributed by atoms with van der Waals surface area (Å²) in [6.45, 7) is 2.82. The first kappa shape index (κ1) is 21.8. The van der Waals surface area contributed by atoms with E-state index in [9.17, 15) is 19.5 Å². The molecule has 0 spiro atoms. The smallest absolute Gasteiger partial charge is 0.413 e. The quantitative estimate of drug-likeness (QED) is 0.556. The van der Waals surface area contributed by atoms with Crippen LogP contribution in [-0.4, -0.2) is 52.7 Å². The number of aromatic nitrogens is 1. The number of ether oxygens (including phenoxy) is 1. The molecule has 0 radical (unpaired) electrons. The molecule has 0 bridgehead atoms. The van der Waals surface area contributed by atoms with Gasteiger partial charge in [-0.05, 0) is 41.0 Å². The predicted molar refractivity (Wildman–Crippen MR) is 130 cm³/mol. The van der Waals surface area contributed by atoms with Gasteiger partial charge in [0.2, 0.25) is 0 Å². The van der Waals surface area contributed by atoms with Crippen LogP contribution >= 0.6 is 11.3 Å². The standard InChI is InChI=1S/C26H23N3O5S/c1-13-22(23(30)29-10-18-19(11-29)21(18)24(31)32)35-25(27-13)28-26(33)34-12-20-16-8-4-2-6-14(16)15-7-3-5-9-17(15)20/h2-9,18-21H,10-12H2,1H3,(H,31,32)(H,27,28,33). The van der Waals surface area contributed by atoms with Crippen molar-refractivity contribution in [3.05, 3.63) is 70.2 Å². The van der Waals surface area contributed by atoms with E-state index in [0.29, 0.717) is 28.8 Å². The normalized spacial score (nSPS) is 21.7. The highest BCUT2D eigenvalue weighted by atomic mass is 32.1. The lowest BCUT2D eigenvalue weighted by molar-refractivity contribution is -0.139. The van der Waals surface area contributed by atoms with Gasteiger partial charge in [-0.2, -0.15) is 0 Å². The van der Waals surface area contributed by atoms with Crippen LogP contribution in [0, 0.1) is 24.7 Å². The lowest BCUT2D eigenvalue weighted by Crippen LogP contribution is -2.32. The number of carboxylic acid groups (broad SMARTS) is 1. The van der Waals surface area contributed by atoms with Crippen molar-refractivity contribution in [2.75, 3.05) is 25.0 Å². The SMILES string of the molecule is Cc1nc(NC(=O)OCC2c3ccccc3-c3ccccc32)sc1C(=O)N1CC2C(C1)C2C(=O)O. The fourth-order valence-corrected chi connectivity index (χ4v) is 6.49. The number of aryl methyl sites for hydroxylation is 1. The Morgan fingerprint density at radius 3 is 2.26 bits per heavy atom. The highest BCUT2D eigenvalue weighted by molar-refractivity contribution is 7.17. The van der Waals surface area contributed by atoms with Crippen LogP contribution in [0.5, 0.6) is 0 Å². The number of nitrogens with one attached hydrogen (secondary N) is 1. The number of rotatable bonds is 5.